The lowest BCUT2D eigenvalue weighted by molar-refractivity contribution is -0.187. The lowest BCUT2D eigenvalue weighted by Crippen LogP contribution is -2.61. The first kappa shape index (κ1) is 16.3. The van der Waals surface area contributed by atoms with Crippen LogP contribution in [0.3, 0.4) is 0 Å². The molecule has 1 aromatic carbocycles. The predicted molar refractivity (Wildman–Crippen MR) is 68.2 cm³/mol. The first-order valence-electron chi connectivity index (χ1n) is 5.90. The van der Waals surface area contributed by atoms with Crippen LogP contribution in [0.15, 0.2) is 24.3 Å². The number of hydrogen-bond acceptors (Lipinski definition) is 3. The highest BCUT2D eigenvalue weighted by molar-refractivity contribution is 5.87. The van der Waals surface area contributed by atoms with Crippen molar-refractivity contribution >= 4 is 5.91 Å². The average Bonchev–Trinajstić information content (AvgIpc) is 2.37. The summed E-state index contributed by atoms with van der Waals surface area (Å²) in [6.07, 6.45) is -4.82. The summed E-state index contributed by atoms with van der Waals surface area (Å²) in [6, 6.07) is 6.07. The molecule has 2 atom stereocenters. The Morgan fingerprint density at radius 3 is 2.40 bits per heavy atom. The number of hydrogen-bond donors (Lipinski definition) is 2. The number of benzene rings is 1. The third-order valence-corrected chi connectivity index (χ3v) is 3.01. The van der Waals surface area contributed by atoms with Gasteiger partial charge in [0.2, 0.25) is 5.91 Å². The van der Waals surface area contributed by atoms with Crippen molar-refractivity contribution < 1.29 is 22.7 Å². The van der Waals surface area contributed by atoms with Gasteiger partial charge in [-0.1, -0.05) is 18.2 Å². The van der Waals surface area contributed by atoms with Gasteiger partial charge in [0.25, 0.3) is 0 Å². The van der Waals surface area contributed by atoms with E-state index < -0.39 is 23.7 Å². The number of methoxy groups -OCH3 is 1. The average molecular weight is 290 g/mol. The van der Waals surface area contributed by atoms with Gasteiger partial charge in [0.05, 0.1) is 13.2 Å². The maximum Gasteiger partial charge on any atom is 0.415 e. The molecule has 0 fully saturated rings. The summed E-state index contributed by atoms with van der Waals surface area (Å²) in [6.45, 7) is 2.19. The van der Waals surface area contributed by atoms with Crippen molar-refractivity contribution in [2.45, 2.75) is 31.6 Å². The Morgan fingerprint density at radius 2 is 1.90 bits per heavy atom. The van der Waals surface area contributed by atoms with Crippen LogP contribution in [0.25, 0.3) is 0 Å². The summed E-state index contributed by atoms with van der Waals surface area (Å²) in [5.41, 5.74) is 2.70. The Balaban J connectivity index is 2.91. The number of para-hydroxylation sites is 1. The van der Waals surface area contributed by atoms with Gasteiger partial charge in [-0.05, 0) is 19.9 Å². The molecule has 112 valence electrons. The molecule has 0 aromatic heterocycles. The predicted octanol–water partition coefficient (Wildman–Crippen LogP) is 2.15. The van der Waals surface area contributed by atoms with Crippen LogP contribution in [0.2, 0.25) is 0 Å². The van der Waals surface area contributed by atoms with E-state index >= 15 is 0 Å². The van der Waals surface area contributed by atoms with Crippen LogP contribution >= 0.6 is 0 Å². The maximum atomic E-state index is 12.7. The lowest BCUT2D eigenvalue weighted by atomic mass is 10.0. The zero-order valence-corrected chi connectivity index (χ0v) is 11.4. The molecule has 1 unspecified atom stereocenters. The largest absolute Gasteiger partial charge is 0.496 e. The van der Waals surface area contributed by atoms with Gasteiger partial charge >= 0.3 is 6.18 Å². The number of rotatable bonds is 4. The molecular weight excluding hydrogens is 273 g/mol. The van der Waals surface area contributed by atoms with E-state index in [9.17, 15) is 18.0 Å². The number of carbonyl (C=O) groups is 1. The van der Waals surface area contributed by atoms with Crippen LogP contribution in [-0.2, 0) is 4.79 Å². The van der Waals surface area contributed by atoms with Crippen LogP contribution in [0.5, 0.6) is 5.75 Å². The van der Waals surface area contributed by atoms with Crippen LogP contribution in [0.4, 0.5) is 13.2 Å². The molecule has 7 heteroatoms. The molecule has 0 heterocycles. The molecule has 0 radical (unpaired) electrons. The van der Waals surface area contributed by atoms with E-state index in [1.165, 1.54) is 7.11 Å². The van der Waals surface area contributed by atoms with Gasteiger partial charge < -0.3 is 15.8 Å². The van der Waals surface area contributed by atoms with Gasteiger partial charge in [-0.3, -0.25) is 4.79 Å². The van der Waals surface area contributed by atoms with Crippen LogP contribution < -0.4 is 15.8 Å². The molecule has 4 nitrogen and oxygen atoms in total. The van der Waals surface area contributed by atoms with E-state index in [2.05, 4.69) is 5.32 Å². The first-order valence-corrected chi connectivity index (χ1v) is 5.90. The van der Waals surface area contributed by atoms with Gasteiger partial charge in [-0.2, -0.15) is 13.2 Å². The number of amides is 1. The minimum atomic E-state index is -4.82. The Hall–Kier alpha value is -1.76. The van der Waals surface area contributed by atoms with Crippen molar-refractivity contribution in [3.05, 3.63) is 29.8 Å². The van der Waals surface area contributed by atoms with E-state index in [0.717, 1.165) is 0 Å². The van der Waals surface area contributed by atoms with Gasteiger partial charge in [0.1, 0.15) is 5.75 Å². The fourth-order valence-electron chi connectivity index (χ4n) is 1.58. The number of carbonyl (C=O) groups excluding carboxylic acids is 1. The Kier molecular flexibility index (Phi) is 4.65. The second-order valence-corrected chi connectivity index (χ2v) is 4.64. The number of nitrogens with one attached hydrogen (secondary N) is 1. The van der Waals surface area contributed by atoms with Crippen molar-refractivity contribution in [3.8, 4) is 5.75 Å². The van der Waals surface area contributed by atoms with Crippen LogP contribution in [-0.4, -0.2) is 24.7 Å². The van der Waals surface area contributed by atoms with Crippen molar-refractivity contribution in [2.75, 3.05) is 7.11 Å². The quantitative estimate of drug-likeness (QED) is 0.893. The SMILES string of the molecule is COc1ccccc1[C@@H](C)NC(=O)C(C)(N)C(F)(F)F. The second-order valence-electron chi connectivity index (χ2n) is 4.64. The normalized spacial score (nSPS) is 16.1. The highest BCUT2D eigenvalue weighted by atomic mass is 19.4. The van der Waals surface area contributed by atoms with E-state index in [4.69, 9.17) is 10.5 Å². The van der Waals surface area contributed by atoms with E-state index in [0.29, 0.717) is 18.2 Å². The second kappa shape index (κ2) is 5.70. The standard InChI is InChI=1S/C13H17F3N2O2/c1-8(9-6-4-5-7-10(9)20-3)18-11(19)12(2,17)13(14,15)16/h4-8H,17H2,1-3H3,(H,18,19)/t8-,12?/m1/s1. The van der Waals surface area contributed by atoms with Gasteiger partial charge in [0, 0.05) is 5.56 Å². The smallest absolute Gasteiger partial charge is 0.415 e. The van der Waals surface area contributed by atoms with Crippen molar-refractivity contribution in [1.82, 2.24) is 5.32 Å². The summed E-state index contributed by atoms with van der Waals surface area (Å²) < 4.78 is 43.1. The molecule has 0 aliphatic heterocycles. The minimum absolute atomic E-state index is 0.478. The fraction of sp³-hybridized carbons (Fsp3) is 0.462. The third kappa shape index (κ3) is 3.22. The van der Waals surface area contributed by atoms with Gasteiger partial charge in [-0.15, -0.1) is 0 Å². The molecule has 20 heavy (non-hydrogen) atoms. The lowest BCUT2D eigenvalue weighted by Gasteiger charge is -2.28. The summed E-state index contributed by atoms with van der Waals surface area (Å²) in [5, 5.41) is 2.25. The third-order valence-electron chi connectivity index (χ3n) is 3.01. The van der Waals surface area contributed by atoms with Gasteiger partial charge in [0.15, 0.2) is 5.54 Å². The topological polar surface area (TPSA) is 64.3 Å². The van der Waals surface area contributed by atoms with E-state index in [1.807, 2.05) is 0 Å². The van der Waals surface area contributed by atoms with E-state index in [1.54, 1.807) is 31.2 Å². The van der Waals surface area contributed by atoms with Crippen molar-refractivity contribution in [1.29, 1.82) is 0 Å². The fourth-order valence-corrected chi connectivity index (χ4v) is 1.58. The minimum Gasteiger partial charge on any atom is -0.496 e. The Morgan fingerprint density at radius 1 is 1.35 bits per heavy atom. The summed E-state index contributed by atoms with van der Waals surface area (Å²) >= 11 is 0. The number of ether oxygens (including phenoxy) is 1. The van der Waals surface area contributed by atoms with Crippen molar-refractivity contribution in [3.63, 3.8) is 0 Å². The number of alkyl halides is 3. The zero-order chi connectivity index (χ0) is 15.6. The first-order chi connectivity index (χ1) is 9.11. The summed E-state index contributed by atoms with van der Waals surface area (Å²) in [5.74, 6) is -0.811. The van der Waals surface area contributed by atoms with Gasteiger partial charge in [-0.25, -0.2) is 0 Å². The zero-order valence-electron chi connectivity index (χ0n) is 11.4. The molecule has 0 aliphatic rings. The molecular formula is C13H17F3N2O2. The number of halogens is 3. The highest BCUT2D eigenvalue weighted by Gasteiger charge is 2.54. The molecule has 0 saturated heterocycles. The van der Waals surface area contributed by atoms with Crippen molar-refractivity contribution in [2.24, 2.45) is 5.73 Å². The highest BCUT2D eigenvalue weighted by Crippen LogP contribution is 2.30. The molecule has 0 spiro atoms. The Labute approximate surface area is 115 Å². The molecule has 0 saturated carbocycles. The van der Waals surface area contributed by atoms with E-state index in [-0.39, 0.29) is 0 Å². The van der Waals surface area contributed by atoms with Crippen LogP contribution in [0, 0.1) is 0 Å². The number of nitrogens with two attached hydrogens (primary N) is 1. The molecule has 0 aliphatic carbocycles. The summed E-state index contributed by atoms with van der Waals surface area (Å²) in [4.78, 5) is 11.7. The van der Waals surface area contributed by atoms with Crippen LogP contribution in [0.1, 0.15) is 25.5 Å². The molecule has 0 bridgehead atoms. The molecule has 1 aromatic rings. The molecule has 1 rings (SSSR count). The summed E-state index contributed by atoms with van der Waals surface area (Å²) in [7, 11) is 1.44. The monoisotopic (exact) mass is 290 g/mol. The maximum absolute atomic E-state index is 12.7. The molecule has 3 N–H and O–H groups in total. The molecule has 1 amide bonds. The Bertz CT molecular complexity index is 487.